The molecule has 0 radical (unpaired) electrons. The number of nitrogens with zero attached hydrogens (tertiary/aromatic N) is 1. The van der Waals surface area contributed by atoms with Gasteiger partial charge in [0.1, 0.15) is 0 Å². The molecule has 0 atom stereocenters. The van der Waals surface area contributed by atoms with Crippen LogP contribution in [-0.4, -0.2) is 4.57 Å². The van der Waals surface area contributed by atoms with E-state index in [2.05, 4.69) is 36.5 Å². The predicted octanol–water partition coefficient (Wildman–Crippen LogP) is 2.91. The van der Waals surface area contributed by atoms with Gasteiger partial charge >= 0.3 is 0 Å². The molecule has 1 nitrogen and oxygen atoms in total. The maximum atomic E-state index is 5.19. The molecule has 0 aliphatic heterocycles. The Bertz CT molecular complexity index is 282. The van der Waals surface area contributed by atoms with E-state index in [0.29, 0.717) is 0 Å². The lowest BCUT2D eigenvalue weighted by molar-refractivity contribution is 0.597. The molecular weight excluding hydrogens is 158 g/mol. The molecule has 1 rings (SSSR count). The van der Waals surface area contributed by atoms with E-state index in [1.807, 2.05) is 0 Å². The smallest absolute Gasteiger partial charge is 0.0224 e. The summed E-state index contributed by atoms with van der Waals surface area (Å²) in [6, 6.07) is 4.33. The molecule has 0 N–H and O–H groups in total. The molecule has 1 heterocycles. The topological polar surface area (TPSA) is 4.93 Å². The number of hydrogen-bond donors (Lipinski definition) is 0. The van der Waals surface area contributed by atoms with Crippen LogP contribution >= 0.6 is 0 Å². The van der Waals surface area contributed by atoms with Crippen LogP contribution in [0.3, 0.4) is 0 Å². The SMILES string of the molecule is C#CCCCCn1c(C)ccc1C. The summed E-state index contributed by atoms with van der Waals surface area (Å²) in [6.07, 6.45) is 8.41. The third kappa shape index (κ3) is 2.66. The van der Waals surface area contributed by atoms with Crippen LogP contribution < -0.4 is 0 Å². The normalized spacial score (nSPS) is 9.92. The summed E-state index contributed by atoms with van der Waals surface area (Å²) >= 11 is 0. The number of unbranched alkanes of at least 4 members (excludes halogenated alkanes) is 2. The third-order valence-electron chi connectivity index (χ3n) is 2.37. The lowest BCUT2D eigenvalue weighted by Crippen LogP contribution is -2.01. The highest BCUT2D eigenvalue weighted by Crippen LogP contribution is 2.09. The zero-order chi connectivity index (χ0) is 9.68. The molecule has 0 spiro atoms. The second-order valence-electron chi connectivity index (χ2n) is 3.43. The molecule has 0 fully saturated rings. The number of aromatic nitrogens is 1. The van der Waals surface area contributed by atoms with Gasteiger partial charge < -0.3 is 4.57 Å². The van der Waals surface area contributed by atoms with Gasteiger partial charge in [-0.25, -0.2) is 0 Å². The first-order valence-electron chi connectivity index (χ1n) is 4.82. The zero-order valence-corrected chi connectivity index (χ0v) is 8.51. The summed E-state index contributed by atoms with van der Waals surface area (Å²) in [7, 11) is 0. The first-order chi connectivity index (χ1) is 6.25. The average molecular weight is 175 g/mol. The van der Waals surface area contributed by atoms with Crippen LogP contribution in [0.15, 0.2) is 12.1 Å². The standard InChI is InChI=1S/C12H17N/c1-4-5-6-7-10-13-11(2)8-9-12(13)3/h1,8-9H,5-7,10H2,2-3H3. The van der Waals surface area contributed by atoms with Crippen molar-refractivity contribution in [2.24, 2.45) is 0 Å². The first-order valence-corrected chi connectivity index (χ1v) is 4.82. The quantitative estimate of drug-likeness (QED) is 0.490. The van der Waals surface area contributed by atoms with Crippen molar-refractivity contribution < 1.29 is 0 Å². The fourth-order valence-corrected chi connectivity index (χ4v) is 1.55. The van der Waals surface area contributed by atoms with Crippen LogP contribution in [-0.2, 0) is 6.54 Å². The van der Waals surface area contributed by atoms with Gasteiger partial charge in [-0.1, -0.05) is 0 Å². The summed E-state index contributed by atoms with van der Waals surface area (Å²) in [5.41, 5.74) is 2.69. The van der Waals surface area contributed by atoms with E-state index < -0.39 is 0 Å². The molecule has 0 saturated carbocycles. The van der Waals surface area contributed by atoms with E-state index in [1.165, 1.54) is 17.8 Å². The maximum absolute atomic E-state index is 5.19. The largest absolute Gasteiger partial charge is 0.349 e. The van der Waals surface area contributed by atoms with Crippen molar-refractivity contribution in [2.75, 3.05) is 0 Å². The van der Waals surface area contributed by atoms with Crippen molar-refractivity contribution in [2.45, 2.75) is 39.7 Å². The molecule has 0 aromatic carbocycles. The molecule has 0 saturated heterocycles. The summed E-state index contributed by atoms with van der Waals surface area (Å²) in [6.45, 7) is 5.40. The van der Waals surface area contributed by atoms with E-state index in [0.717, 1.165) is 19.4 Å². The molecule has 13 heavy (non-hydrogen) atoms. The maximum Gasteiger partial charge on any atom is 0.0224 e. The number of rotatable bonds is 4. The summed E-state index contributed by atoms with van der Waals surface area (Å²) in [5.74, 6) is 2.67. The highest BCUT2D eigenvalue weighted by molar-refractivity contribution is 5.13. The first kappa shape index (κ1) is 9.92. The Balaban J connectivity index is 2.41. The molecule has 1 heteroatoms. The van der Waals surface area contributed by atoms with E-state index in [1.54, 1.807) is 0 Å². The minimum Gasteiger partial charge on any atom is -0.349 e. The number of terminal acetylenes is 1. The Kier molecular flexibility index (Phi) is 3.64. The van der Waals surface area contributed by atoms with Gasteiger partial charge in [-0.05, 0) is 38.8 Å². The highest BCUT2D eigenvalue weighted by Gasteiger charge is 1.99. The fraction of sp³-hybridized carbons (Fsp3) is 0.500. The summed E-state index contributed by atoms with van der Waals surface area (Å²) in [4.78, 5) is 0. The lowest BCUT2D eigenvalue weighted by Gasteiger charge is -2.07. The van der Waals surface area contributed by atoms with E-state index in [4.69, 9.17) is 6.42 Å². The van der Waals surface area contributed by atoms with Crippen molar-refractivity contribution in [3.8, 4) is 12.3 Å². The van der Waals surface area contributed by atoms with Gasteiger partial charge in [-0.3, -0.25) is 0 Å². The summed E-state index contributed by atoms with van der Waals surface area (Å²) < 4.78 is 2.34. The van der Waals surface area contributed by atoms with Gasteiger partial charge in [0, 0.05) is 24.4 Å². The average Bonchev–Trinajstić information content (AvgIpc) is 2.42. The van der Waals surface area contributed by atoms with Crippen LogP contribution in [0.4, 0.5) is 0 Å². The van der Waals surface area contributed by atoms with Gasteiger partial charge in [-0.2, -0.15) is 0 Å². The molecule has 1 aromatic rings. The van der Waals surface area contributed by atoms with Gasteiger partial charge in [0.25, 0.3) is 0 Å². The van der Waals surface area contributed by atoms with Crippen molar-refractivity contribution >= 4 is 0 Å². The van der Waals surface area contributed by atoms with E-state index in [-0.39, 0.29) is 0 Å². The van der Waals surface area contributed by atoms with Crippen LogP contribution in [0.2, 0.25) is 0 Å². The van der Waals surface area contributed by atoms with Gasteiger partial charge in [0.2, 0.25) is 0 Å². The Morgan fingerprint density at radius 3 is 2.38 bits per heavy atom. The van der Waals surface area contributed by atoms with Crippen LogP contribution in [0.1, 0.15) is 30.7 Å². The lowest BCUT2D eigenvalue weighted by atomic mass is 10.2. The molecule has 70 valence electrons. The summed E-state index contributed by atoms with van der Waals surface area (Å²) in [5, 5.41) is 0. The second-order valence-corrected chi connectivity index (χ2v) is 3.43. The minimum atomic E-state index is 0.902. The predicted molar refractivity (Wildman–Crippen MR) is 56.6 cm³/mol. The van der Waals surface area contributed by atoms with Crippen molar-refractivity contribution in [1.29, 1.82) is 0 Å². The molecule has 0 amide bonds. The molecule has 1 aromatic heterocycles. The zero-order valence-electron chi connectivity index (χ0n) is 8.51. The van der Waals surface area contributed by atoms with Gasteiger partial charge in [-0.15, -0.1) is 12.3 Å². The van der Waals surface area contributed by atoms with Crippen LogP contribution in [0, 0.1) is 26.2 Å². The Morgan fingerprint density at radius 2 is 1.85 bits per heavy atom. The van der Waals surface area contributed by atoms with E-state index >= 15 is 0 Å². The Labute approximate surface area is 80.8 Å². The minimum absolute atomic E-state index is 0.902. The van der Waals surface area contributed by atoms with Crippen LogP contribution in [0.5, 0.6) is 0 Å². The molecule has 0 aliphatic rings. The second kappa shape index (κ2) is 4.77. The van der Waals surface area contributed by atoms with Crippen molar-refractivity contribution in [1.82, 2.24) is 4.57 Å². The van der Waals surface area contributed by atoms with E-state index in [9.17, 15) is 0 Å². The number of hydrogen-bond acceptors (Lipinski definition) is 0. The monoisotopic (exact) mass is 175 g/mol. The van der Waals surface area contributed by atoms with Crippen molar-refractivity contribution in [3.05, 3.63) is 23.5 Å². The highest BCUT2D eigenvalue weighted by atomic mass is 15.0. The number of aryl methyl sites for hydroxylation is 2. The Hall–Kier alpha value is -1.16. The van der Waals surface area contributed by atoms with Crippen molar-refractivity contribution in [3.63, 3.8) is 0 Å². The fourth-order valence-electron chi connectivity index (χ4n) is 1.55. The molecule has 0 unspecified atom stereocenters. The van der Waals surface area contributed by atoms with Crippen LogP contribution in [0.25, 0.3) is 0 Å². The molecule has 0 bridgehead atoms. The van der Waals surface area contributed by atoms with Gasteiger partial charge in [0.05, 0.1) is 0 Å². The Morgan fingerprint density at radius 1 is 1.23 bits per heavy atom. The van der Waals surface area contributed by atoms with Gasteiger partial charge in [0.15, 0.2) is 0 Å². The molecular formula is C12H17N. The molecule has 0 aliphatic carbocycles. The third-order valence-corrected chi connectivity index (χ3v) is 2.37.